The molecule has 3 aromatic carbocycles. The highest BCUT2D eigenvalue weighted by Crippen LogP contribution is 2.36. The fourth-order valence-corrected chi connectivity index (χ4v) is 6.62. The largest absolute Gasteiger partial charge is 0.497 e. The van der Waals surface area contributed by atoms with Crippen molar-refractivity contribution in [3.05, 3.63) is 144 Å². The van der Waals surface area contributed by atoms with Crippen molar-refractivity contribution >= 4 is 29.1 Å². The average Bonchev–Trinajstić information content (AvgIpc) is 3.50. The van der Waals surface area contributed by atoms with E-state index in [0.717, 1.165) is 28.2 Å². The molecule has 0 saturated heterocycles. The summed E-state index contributed by atoms with van der Waals surface area (Å²) < 4.78 is 28.7. The van der Waals surface area contributed by atoms with Crippen molar-refractivity contribution < 1.29 is 18.7 Å². The van der Waals surface area contributed by atoms with Crippen molar-refractivity contribution in [1.29, 1.82) is 0 Å². The number of thiazole rings is 1. The Kier molecular flexibility index (Phi) is 7.88. The maximum atomic E-state index is 14.3. The fraction of sp³-hybridized carbons (Fsp3) is 0.171. The molecular weight excluding hydrogens is 577 g/mol. The number of aromatic nitrogens is 2. The molecule has 7 nitrogen and oxygen atoms in total. The van der Waals surface area contributed by atoms with Gasteiger partial charge in [0.05, 0.1) is 35.6 Å². The minimum atomic E-state index is -0.801. The zero-order chi connectivity index (χ0) is 31.0. The maximum Gasteiger partial charge on any atom is 0.338 e. The van der Waals surface area contributed by atoms with Crippen LogP contribution >= 0.6 is 11.3 Å². The Bertz CT molecular complexity index is 2090. The summed E-state index contributed by atoms with van der Waals surface area (Å²) in [5, 5.41) is 0. The number of nitrogens with zero attached hydrogens (tertiary/aromatic N) is 3. The van der Waals surface area contributed by atoms with E-state index in [9.17, 15) is 14.0 Å². The Balaban J connectivity index is 1.60. The number of methoxy groups -OCH3 is 1. The third kappa shape index (κ3) is 5.20. The van der Waals surface area contributed by atoms with Crippen molar-refractivity contribution in [3.8, 4) is 11.4 Å². The second kappa shape index (κ2) is 11.9. The summed E-state index contributed by atoms with van der Waals surface area (Å²) in [6, 6.07) is 24.3. The molecule has 1 aliphatic heterocycles. The number of hydrogen-bond donors (Lipinski definition) is 0. The SMILES string of the molecule is CCOC(=O)C1=C(c2ccccc2)N=c2s/c(=C/c3cc(C)n(-c4ccc(F)cc4)c3C)c(=O)n2C1c1cccc(OC)c1. The van der Waals surface area contributed by atoms with Crippen LogP contribution in [0.4, 0.5) is 4.39 Å². The molecule has 1 atom stereocenters. The van der Waals surface area contributed by atoms with Crippen molar-refractivity contribution in [2.24, 2.45) is 4.99 Å². The highest BCUT2D eigenvalue weighted by atomic mass is 32.1. The first-order chi connectivity index (χ1) is 21.3. The van der Waals surface area contributed by atoms with Gasteiger partial charge in [-0.25, -0.2) is 14.2 Å². The van der Waals surface area contributed by atoms with Crippen LogP contribution in [0.15, 0.2) is 100 Å². The molecule has 0 spiro atoms. The molecule has 0 aliphatic carbocycles. The van der Waals surface area contributed by atoms with Gasteiger partial charge in [0.1, 0.15) is 11.6 Å². The molecule has 0 amide bonds. The summed E-state index contributed by atoms with van der Waals surface area (Å²) >= 11 is 1.26. The molecule has 3 heterocycles. The minimum absolute atomic E-state index is 0.170. The van der Waals surface area contributed by atoms with Gasteiger partial charge in [-0.1, -0.05) is 53.8 Å². The Morgan fingerprint density at radius 2 is 1.77 bits per heavy atom. The summed E-state index contributed by atoms with van der Waals surface area (Å²) in [5.74, 6) is -0.250. The van der Waals surface area contributed by atoms with Gasteiger partial charge in [-0.15, -0.1) is 0 Å². The normalized spacial score (nSPS) is 14.8. The molecule has 9 heteroatoms. The van der Waals surface area contributed by atoms with E-state index in [1.54, 1.807) is 30.7 Å². The summed E-state index contributed by atoms with van der Waals surface area (Å²) in [7, 11) is 1.57. The molecule has 0 fully saturated rings. The van der Waals surface area contributed by atoms with E-state index in [1.807, 2.05) is 85.2 Å². The van der Waals surface area contributed by atoms with E-state index < -0.39 is 12.0 Å². The van der Waals surface area contributed by atoms with Gasteiger partial charge in [0.2, 0.25) is 0 Å². The lowest BCUT2D eigenvalue weighted by atomic mass is 9.93. The summed E-state index contributed by atoms with van der Waals surface area (Å²) in [5.41, 5.74) is 5.41. The average molecular weight is 608 g/mol. The van der Waals surface area contributed by atoms with E-state index in [4.69, 9.17) is 14.5 Å². The lowest BCUT2D eigenvalue weighted by Crippen LogP contribution is -2.40. The van der Waals surface area contributed by atoms with E-state index in [1.165, 1.54) is 23.5 Å². The van der Waals surface area contributed by atoms with Gasteiger partial charge in [-0.3, -0.25) is 9.36 Å². The lowest BCUT2D eigenvalue weighted by molar-refractivity contribution is -0.138. The number of hydrogen-bond acceptors (Lipinski definition) is 6. The lowest BCUT2D eigenvalue weighted by Gasteiger charge is -2.26. The molecule has 0 bridgehead atoms. The van der Waals surface area contributed by atoms with E-state index in [0.29, 0.717) is 26.3 Å². The molecule has 0 N–H and O–H groups in total. The summed E-state index contributed by atoms with van der Waals surface area (Å²) in [6.45, 7) is 5.85. The minimum Gasteiger partial charge on any atom is -0.497 e. The van der Waals surface area contributed by atoms with Crippen LogP contribution in [0.2, 0.25) is 0 Å². The van der Waals surface area contributed by atoms with Crippen LogP contribution in [-0.4, -0.2) is 28.8 Å². The summed E-state index contributed by atoms with van der Waals surface area (Å²) in [4.78, 5) is 33.3. The van der Waals surface area contributed by atoms with Crippen LogP contribution in [0.25, 0.3) is 17.5 Å². The van der Waals surface area contributed by atoms with Crippen molar-refractivity contribution in [2.45, 2.75) is 26.8 Å². The second-order valence-electron chi connectivity index (χ2n) is 10.3. The molecular formula is C35H30FN3O4S. The highest BCUT2D eigenvalue weighted by Gasteiger charge is 2.35. The quantitative estimate of drug-likeness (QED) is 0.230. The first kappa shape index (κ1) is 29.1. The zero-order valence-corrected chi connectivity index (χ0v) is 25.5. The Morgan fingerprint density at radius 1 is 1.02 bits per heavy atom. The third-order valence-electron chi connectivity index (χ3n) is 7.62. The standard InChI is InChI=1S/C35H30FN3O4S/c1-5-43-34(41)30-31(23-10-7-6-8-11-23)37-35-39(32(30)24-12-9-13-28(19-24)42-4)33(40)29(44-35)20-25-18-21(2)38(22(25)3)27-16-14-26(36)15-17-27/h6-20,32H,5H2,1-4H3/b29-20+. The van der Waals surface area contributed by atoms with E-state index >= 15 is 0 Å². The first-order valence-electron chi connectivity index (χ1n) is 14.2. The number of rotatable bonds is 7. The van der Waals surface area contributed by atoms with E-state index in [2.05, 4.69) is 0 Å². The molecule has 2 aromatic heterocycles. The van der Waals surface area contributed by atoms with Crippen LogP contribution in [0.1, 0.15) is 41.0 Å². The number of halogens is 1. The van der Waals surface area contributed by atoms with Crippen molar-refractivity contribution in [1.82, 2.24) is 9.13 Å². The number of benzene rings is 3. The summed E-state index contributed by atoms with van der Waals surface area (Å²) in [6.07, 6.45) is 1.85. The molecule has 0 radical (unpaired) electrons. The first-order valence-corrected chi connectivity index (χ1v) is 15.0. The van der Waals surface area contributed by atoms with Gasteiger partial charge in [0, 0.05) is 22.6 Å². The maximum absolute atomic E-state index is 14.3. The number of fused-ring (bicyclic) bond motifs is 1. The van der Waals surface area contributed by atoms with Crippen molar-refractivity contribution in [3.63, 3.8) is 0 Å². The predicted molar refractivity (Wildman–Crippen MR) is 169 cm³/mol. The van der Waals surface area contributed by atoms with Crippen LogP contribution in [-0.2, 0) is 9.53 Å². The van der Waals surface area contributed by atoms with Gasteiger partial charge in [0.25, 0.3) is 5.56 Å². The number of aryl methyl sites for hydroxylation is 1. The molecule has 5 aromatic rings. The number of ether oxygens (including phenoxy) is 2. The predicted octanol–water partition coefficient (Wildman–Crippen LogP) is 5.49. The molecule has 0 saturated carbocycles. The van der Waals surface area contributed by atoms with Crippen molar-refractivity contribution in [2.75, 3.05) is 13.7 Å². The Hall–Kier alpha value is -5.02. The second-order valence-corrected chi connectivity index (χ2v) is 11.4. The van der Waals surface area contributed by atoms with Crippen LogP contribution in [0.5, 0.6) is 5.75 Å². The van der Waals surface area contributed by atoms with Crippen LogP contribution in [0, 0.1) is 19.7 Å². The molecule has 6 rings (SSSR count). The van der Waals surface area contributed by atoms with E-state index in [-0.39, 0.29) is 23.6 Å². The van der Waals surface area contributed by atoms with Gasteiger partial charge < -0.3 is 14.0 Å². The Morgan fingerprint density at radius 3 is 2.48 bits per heavy atom. The molecule has 44 heavy (non-hydrogen) atoms. The highest BCUT2D eigenvalue weighted by molar-refractivity contribution is 7.07. The fourth-order valence-electron chi connectivity index (χ4n) is 5.63. The number of carbonyl (C=O) groups excluding carboxylic acids is 1. The number of esters is 1. The molecule has 222 valence electrons. The van der Waals surface area contributed by atoms with Crippen LogP contribution in [0.3, 0.4) is 0 Å². The number of carbonyl (C=O) groups is 1. The monoisotopic (exact) mass is 607 g/mol. The van der Waals surface area contributed by atoms with Gasteiger partial charge in [0.15, 0.2) is 4.80 Å². The van der Waals surface area contributed by atoms with Gasteiger partial charge >= 0.3 is 5.97 Å². The zero-order valence-electron chi connectivity index (χ0n) is 24.7. The smallest absolute Gasteiger partial charge is 0.338 e. The topological polar surface area (TPSA) is 74.8 Å². The molecule has 1 aliphatic rings. The third-order valence-corrected chi connectivity index (χ3v) is 8.61. The van der Waals surface area contributed by atoms with Gasteiger partial charge in [-0.2, -0.15) is 0 Å². The molecule has 1 unspecified atom stereocenters. The van der Waals surface area contributed by atoms with Gasteiger partial charge in [-0.05, 0) is 80.4 Å². The van der Waals surface area contributed by atoms with Crippen LogP contribution < -0.4 is 19.6 Å². The Labute approximate surface area is 257 Å².